The Morgan fingerprint density at radius 2 is 2.00 bits per heavy atom. The third kappa shape index (κ3) is 3.76. The van der Waals surface area contributed by atoms with E-state index in [9.17, 15) is 25.2 Å². The molecule has 0 spiro atoms. The number of aliphatic hydroxyl groups excluding tert-OH is 5. The molecule has 30 heavy (non-hydrogen) atoms. The zero-order chi connectivity index (χ0) is 22.1. The maximum absolute atomic E-state index is 12.8. The fourth-order valence-electron chi connectivity index (χ4n) is 3.28. The van der Waals surface area contributed by atoms with E-state index in [-0.39, 0.29) is 4.77 Å². The summed E-state index contributed by atoms with van der Waals surface area (Å²) in [5.74, 6) is -1.03. The number of hydrogen-bond acceptors (Lipinski definition) is 11. The van der Waals surface area contributed by atoms with Crippen LogP contribution in [0.2, 0.25) is 0 Å². The highest BCUT2D eigenvalue weighted by Gasteiger charge is 2.57. The van der Waals surface area contributed by atoms with Gasteiger partial charge in [0, 0.05) is 6.42 Å². The van der Waals surface area contributed by atoms with Crippen molar-refractivity contribution < 1.29 is 39.8 Å². The Labute approximate surface area is 175 Å². The molecule has 0 unspecified atom stereocenters. The smallest absolute Gasteiger partial charge is 0.361 e. The monoisotopic (exact) mass is 442 g/mol. The quantitative estimate of drug-likeness (QED) is 0.244. The van der Waals surface area contributed by atoms with Crippen LogP contribution in [0.15, 0.2) is 30.3 Å². The second kappa shape index (κ2) is 8.85. The lowest BCUT2D eigenvalue weighted by atomic mass is 9.89. The van der Waals surface area contributed by atoms with Gasteiger partial charge in [-0.15, -0.1) is 0 Å². The second-order valence-corrected chi connectivity index (χ2v) is 7.15. The van der Waals surface area contributed by atoms with Gasteiger partial charge in [0.1, 0.15) is 24.4 Å². The summed E-state index contributed by atoms with van der Waals surface area (Å²) in [5, 5.41) is 57.7. The molecule has 5 N–H and O–H groups in total. The summed E-state index contributed by atoms with van der Waals surface area (Å²) >= 11 is 5.39. The van der Waals surface area contributed by atoms with Crippen molar-refractivity contribution >= 4 is 18.2 Å². The molecule has 13 heteroatoms. The van der Waals surface area contributed by atoms with Crippen LogP contribution in [0.25, 0.3) is 5.69 Å². The number of methoxy groups -OCH3 is 1. The number of aromatic nitrogens is 4. The number of para-hydroxylation sites is 1. The van der Waals surface area contributed by atoms with E-state index in [1.807, 2.05) is 0 Å². The zero-order valence-electron chi connectivity index (χ0n) is 15.8. The van der Waals surface area contributed by atoms with Crippen molar-refractivity contribution in [3.63, 3.8) is 0 Å². The molecule has 1 fully saturated rings. The van der Waals surface area contributed by atoms with Crippen LogP contribution in [0, 0.1) is 4.77 Å². The summed E-state index contributed by atoms with van der Waals surface area (Å²) in [6.07, 6.45) is -9.04. The Bertz CT molecular complexity index is 937. The minimum absolute atomic E-state index is 0.0915. The van der Waals surface area contributed by atoms with E-state index in [0.29, 0.717) is 5.69 Å². The summed E-state index contributed by atoms with van der Waals surface area (Å²) < 4.78 is 12.6. The third-order valence-corrected chi connectivity index (χ3v) is 5.24. The van der Waals surface area contributed by atoms with E-state index in [4.69, 9.17) is 26.8 Å². The van der Waals surface area contributed by atoms with Gasteiger partial charge in [-0.2, -0.15) is 9.36 Å². The number of carbonyl (C=O) groups excluding carboxylic acids is 1. The van der Waals surface area contributed by atoms with Crippen molar-refractivity contribution in [2.24, 2.45) is 0 Å². The molecule has 0 aliphatic carbocycles. The van der Waals surface area contributed by atoms with Gasteiger partial charge in [-0.05, 0) is 34.8 Å². The zero-order valence-corrected chi connectivity index (χ0v) is 16.7. The average molecular weight is 442 g/mol. The number of nitrogens with zero attached hydrogens (tertiary/aromatic N) is 4. The van der Waals surface area contributed by atoms with Gasteiger partial charge in [-0.1, -0.05) is 18.2 Å². The van der Waals surface area contributed by atoms with Crippen LogP contribution in [-0.2, 0) is 20.0 Å². The maximum Gasteiger partial charge on any atom is 0.361 e. The van der Waals surface area contributed by atoms with Crippen LogP contribution in [0.5, 0.6) is 0 Å². The molecule has 6 atom stereocenters. The highest BCUT2D eigenvalue weighted by Crippen LogP contribution is 2.36. The Kier molecular flexibility index (Phi) is 6.62. The van der Waals surface area contributed by atoms with Crippen LogP contribution < -0.4 is 0 Å². The Morgan fingerprint density at radius 3 is 2.60 bits per heavy atom. The molecular formula is C17H22N4O8S. The first-order chi connectivity index (χ1) is 14.3. The Balaban J connectivity index is 2.11. The minimum atomic E-state index is -2.20. The molecule has 1 aromatic carbocycles. The van der Waals surface area contributed by atoms with Gasteiger partial charge >= 0.3 is 5.97 Å². The Morgan fingerprint density at radius 1 is 1.33 bits per heavy atom. The van der Waals surface area contributed by atoms with Crippen molar-refractivity contribution in [1.82, 2.24) is 19.8 Å². The summed E-state index contributed by atoms with van der Waals surface area (Å²) in [5.41, 5.74) is -1.66. The number of tetrazole rings is 1. The summed E-state index contributed by atoms with van der Waals surface area (Å²) in [4.78, 5) is 12.8. The van der Waals surface area contributed by atoms with Gasteiger partial charge in [0.2, 0.25) is 4.77 Å². The van der Waals surface area contributed by atoms with E-state index < -0.39 is 55.2 Å². The molecule has 2 aromatic rings. The first-order valence-corrected chi connectivity index (χ1v) is 9.38. The highest BCUT2D eigenvalue weighted by atomic mass is 32.1. The number of aliphatic hydroxyl groups is 5. The van der Waals surface area contributed by atoms with Crippen LogP contribution in [0.1, 0.15) is 6.42 Å². The first kappa shape index (κ1) is 22.4. The molecule has 12 nitrogen and oxygen atoms in total. The van der Waals surface area contributed by atoms with E-state index in [1.54, 1.807) is 30.3 Å². The number of benzene rings is 1. The largest absolute Gasteiger partial charge is 0.465 e. The highest BCUT2D eigenvalue weighted by molar-refractivity contribution is 7.71. The second-order valence-electron chi connectivity index (χ2n) is 6.78. The molecule has 1 aliphatic rings. The number of carbonyl (C=O) groups is 1. The van der Waals surface area contributed by atoms with E-state index in [0.717, 1.165) is 11.8 Å². The van der Waals surface area contributed by atoms with Crippen molar-refractivity contribution in [2.45, 2.75) is 42.7 Å². The number of rotatable bonds is 6. The summed E-state index contributed by atoms with van der Waals surface area (Å²) in [6, 6.07) is 8.67. The third-order valence-electron chi connectivity index (χ3n) is 4.89. The molecule has 0 bridgehead atoms. The van der Waals surface area contributed by atoms with Crippen molar-refractivity contribution in [3.8, 4) is 5.69 Å². The first-order valence-electron chi connectivity index (χ1n) is 8.97. The lowest BCUT2D eigenvalue weighted by molar-refractivity contribution is -0.282. The molecular weight excluding hydrogens is 420 g/mol. The normalized spacial score (nSPS) is 28.7. The molecule has 1 aliphatic heterocycles. The topological polar surface area (TPSA) is 172 Å². The van der Waals surface area contributed by atoms with Crippen LogP contribution >= 0.6 is 12.2 Å². The van der Waals surface area contributed by atoms with E-state index in [2.05, 4.69) is 10.4 Å². The molecule has 3 rings (SSSR count). The average Bonchev–Trinajstić information content (AvgIpc) is 3.16. The molecule has 0 amide bonds. The van der Waals surface area contributed by atoms with E-state index >= 15 is 0 Å². The van der Waals surface area contributed by atoms with Crippen LogP contribution in [0.4, 0.5) is 0 Å². The SMILES string of the molecule is COC(=O)[C@]1(n2nnn(-c3ccccc3)c2=S)C[C@H](O)[C@@H](O)[C@H]([C@@H](O)[C@H](O)CO)O1. The van der Waals surface area contributed by atoms with Gasteiger partial charge in [-0.25, -0.2) is 4.79 Å². The lowest BCUT2D eigenvalue weighted by Gasteiger charge is -2.44. The maximum atomic E-state index is 12.8. The van der Waals surface area contributed by atoms with Gasteiger partial charge in [0.05, 0.1) is 25.5 Å². The van der Waals surface area contributed by atoms with Crippen LogP contribution in [-0.4, -0.2) is 95.5 Å². The van der Waals surface area contributed by atoms with Crippen LogP contribution in [0.3, 0.4) is 0 Å². The molecule has 1 aromatic heterocycles. The number of ether oxygens (including phenoxy) is 2. The minimum Gasteiger partial charge on any atom is -0.465 e. The predicted octanol–water partition coefficient (Wildman–Crippen LogP) is -2.15. The standard InChI is InChI=1S/C17H22N4O8S/c1-28-15(27)17(7-10(23)12(25)14(29-17)13(26)11(24)8-22)21-16(30)20(18-19-21)9-5-3-2-4-6-9/h2-6,10-14,22-26H,7-8H2,1H3/t10-,11+,12+,13-,14+,17-/m0/s1. The number of esters is 1. The summed E-state index contributed by atoms with van der Waals surface area (Å²) in [7, 11) is 1.07. The summed E-state index contributed by atoms with van der Waals surface area (Å²) in [6.45, 7) is -0.849. The van der Waals surface area contributed by atoms with Crippen molar-refractivity contribution in [1.29, 1.82) is 0 Å². The van der Waals surface area contributed by atoms with Gasteiger partial charge in [0.25, 0.3) is 5.72 Å². The number of hydrogen-bond donors (Lipinski definition) is 5. The molecule has 0 radical (unpaired) electrons. The van der Waals surface area contributed by atoms with Gasteiger partial charge in [-0.3, -0.25) is 0 Å². The van der Waals surface area contributed by atoms with Gasteiger partial charge in [0.15, 0.2) is 0 Å². The molecule has 0 saturated carbocycles. The molecule has 2 heterocycles. The van der Waals surface area contributed by atoms with Gasteiger partial charge < -0.3 is 35.0 Å². The molecule has 1 saturated heterocycles. The van der Waals surface area contributed by atoms with Crippen molar-refractivity contribution in [3.05, 3.63) is 35.1 Å². The van der Waals surface area contributed by atoms with E-state index in [1.165, 1.54) is 4.68 Å². The predicted molar refractivity (Wildman–Crippen MR) is 101 cm³/mol. The lowest BCUT2D eigenvalue weighted by Crippen LogP contribution is -2.64. The molecule has 164 valence electrons. The fourth-order valence-corrected chi connectivity index (χ4v) is 3.61. The fraction of sp³-hybridized carbons (Fsp3) is 0.529. The Hall–Kier alpha value is -2.26. The van der Waals surface area contributed by atoms with Crippen molar-refractivity contribution in [2.75, 3.05) is 13.7 Å².